The zero-order valence-electron chi connectivity index (χ0n) is 43.6. The molecule has 29 nitrogen and oxygen atoms in total. The zero-order chi connectivity index (χ0) is 63.2. The Morgan fingerprint density at radius 1 is 0.702 bits per heavy atom. The van der Waals surface area contributed by atoms with Crippen LogP contribution >= 0.6 is 11.6 Å². The number of methoxy groups -OCH3 is 3. The summed E-state index contributed by atoms with van der Waals surface area (Å²) in [5, 5.41) is 14.1. The lowest BCUT2D eigenvalue weighted by molar-refractivity contribution is -0.385. The topological polar surface area (TPSA) is 405 Å². The van der Waals surface area contributed by atoms with Gasteiger partial charge in [0.15, 0.2) is 14.9 Å². The molecule has 84 heavy (non-hydrogen) atoms. The maximum atomic E-state index is 12.7. The van der Waals surface area contributed by atoms with E-state index in [9.17, 15) is 84.5 Å². The van der Waals surface area contributed by atoms with Gasteiger partial charge in [-0.05, 0) is 61.4 Å². The summed E-state index contributed by atoms with van der Waals surface area (Å²) in [7, 11) is -13.0. The molecule has 0 fully saturated rings. The molecule has 3 aromatic heterocycles. The van der Waals surface area contributed by atoms with Gasteiger partial charge < -0.3 is 18.9 Å². The van der Waals surface area contributed by atoms with Gasteiger partial charge in [-0.3, -0.25) is 25.5 Å². The Bertz CT molecular complexity index is 3890. The Balaban J connectivity index is 0.000000270. The number of pyridine rings is 1. The van der Waals surface area contributed by atoms with Crippen molar-refractivity contribution in [2.24, 2.45) is 0 Å². The highest BCUT2D eigenvalue weighted by molar-refractivity contribution is 7.94. The monoisotopic (exact) mass is 1290 g/mol. The van der Waals surface area contributed by atoms with Crippen LogP contribution in [-0.4, -0.2) is 126 Å². The van der Waals surface area contributed by atoms with Gasteiger partial charge in [0.05, 0.1) is 59.8 Å². The Kier molecular flexibility index (Phi) is 22.5. The predicted molar refractivity (Wildman–Crippen MR) is 280 cm³/mol. The van der Waals surface area contributed by atoms with Crippen molar-refractivity contribution >= 4 is 87.1 Å². The summed E-state index contributed by atoms with van der Waals surface area (Å²) in [5.74, 6) is -2.25. The maximum absolute atomic E-state index is 12.7. The van der Waals surface area contributed by atoms with Gasteiger partial charge in [-0.15, -0.1) is 0 Å². The third-order valence-corrected chi connectivity index (χ3v) is 15.2. The first-order valence-electron chi connectivity index (χ1n) is 22.5. The number of carbonyl (C=O) groups is 3. The maximum Gasteiger partial charge on any atom is 0.416 e. The average Bonchev–Trinajstić information content (AvgIpc) is 1.91. The summed E-state index contributed by atoms with van der Waals surface area (Å²) < 4.78 is 197. The lowest BCUT2D eigenvalue weighted by Gasteiger charge is -2.13. The van der Waals surface area contributed by atoms with Gasteiger partial charge in [-0.1, -0.05) is 36.7 Å². The standard InChI is InChI=1S/C15H10ClF3N2O6S.C15H16F3N5O4S.C14H17N5O7S2/c1-28(25,26)20-14(22)10-7-9(3-4-12(10)21(23)24)27-13-5-2-8(6-11(13)16)15(17,18)19;1-9-19-12(22-14(20-9)27-2)21-13(24)23-28(25,26)11-6-4-3-5-10(11)7-8-15(16,17)18;1-4-27(21,22)9-6-5-7-15-12(9)28(23,24)19-14(20)18-13-16-10(25-2)8-11(17-13)26-3/h2-7H,1H3,(H,20,22);3-6H,7-8H2,1-2H3,(H2,19,20,21,22,23,24);5-8H,4H2,1-3H3,(H2,16,17,18,19,20). The number of anilines is 2. The van der Waals surface area contributed by atoms with Crippen molar-refractivity contribution in [2.45, 2.75) is 53.9 Å². The second-order valence-corrected chi connectivity index (χ2v) is 23.6. The van der Waals surface area contributed by atoms with E-state index in [1.54, 1.807) is 14.2 Å². The minimum absolute atomic E-state index is 0.0612. The van der Waals surface area contributed by atoms with Crippen LogP contribution in [0.15, 0.2) is 99.9 Å². The fourth-order valence-corrected chi connectivity index (χ4v) is 10.5. The molecule has 0 unspecified atom stereocenters. The van der Waals surface area contributed by atoms with Crippen molar-refractivity contribution < 1.29 is 98.3 Å². The number of nitro groups is 1. The highest BCUT2D eigenvalue weighted by Crippen LogP contribution is 2.37. The normalized spacial score (nSPS) is 11.7. The number of halogens is 7. The number of ether oxygens (including phenoxy) is 4. The molecule has 0 saturated carbocycles. The number of aryl methyl sites for hydroxylation is 2. The quantitative estimate of drug-likeness (QED) is 0.0366. The van der Waals surface area contributed by atoms with E-state index in [4.69, 9.17) is 30.5 Å². The first-order valence-corrected chi connectivity index (χ1v) is 29.4. The number of hydrogen-bond donors (Lipinski definition) is 5. The summed E-state index contributed by atoms with van der Waals surface area (Å²) in [6.07, 6.45) is -9.04. The van der Waals surface area contributed by atoms with Crippen molar-refractivity contribution in [3.8, 4) is 29.3 Å². The van der Waals surface area contributed by atoms with Crippen molar-refractivity contribution in [2.75, 3.05) is 44.0 Å². The van der Waals surface area contributed by atoms with E-state index in [0.717, 1.165) is 42.6 Å². The van der Waals surface area contributed by atoms with Gasteiger partial charge in [-0.25, -0.2) is 54.0 Å². The van der Waals surface area contributed by atoms with Crippen LogP contribution < -0.4 is 43.7 Å². The van der Waals surface area contributed by atoms with Gasteiger partial charge >= 0.3 is 30.4 Å². The number of alkyl halides is 6. The Morgan fingerprint density at radius 3 is 1.82 bits per heavy atom. The van der Waals surface area contributed by atoms with E-state index in [0.29, 0.717) is 18.4 Å². The summed E-state index contributed by atoms with van der Waals surface area (Å²) in [6.45, 7) is 2.85. The lowest BCUT2D eigenvalue weighted by atomic mass is 10.1. The molecule has 0 atom stereocenters. The van der Waals surface area contributed by atoms with Crippen LogP contribution in [-0.2, 0) is 52.5 Å². The molecule has 3 aromatic carbocycles. The molecule has 3 heterocycles. The van der Waals surface area contributed by atoms with E-state index in [-0.39, 0.29) is 58.3 Å². The first kappa shape index (κ1) is 67.7. The number of nitrogens with zero attached hydrogens (tertiary/aromatic N) is 7. The number of sulfonamides is 3. The molecule has 5 N–H and O–H groups in total. The van der Waals surface area contributed by atoms with Crippen LogP contribution in [0.3, 0.4) is 0 Å². The number of urea groups is 2. The number of benzene rings is 3. The van der Waals surface area contributed by atoms with Crippen molar-refractivity contribution in [3.05, 3.63) is 123 Å². The largest absolute Gasteiger partial charge is 0.481 e. The van der Waals surface area contributed by atoms with E-state index >= 15 is 0 Å². The highest BCUT2D eigenvalue weighted by atomic mass is 35.5. The molecule has 0 bridgehead atoms. The lowest BCUT2D eigenvalue weighted by Crippen LogP contribution is -2.36. The Labute approximate surface area is 477 Å². The van der Waals surface area contributed by atoms with E-state index in [1.807, 2.05) is 0 Å². The third-order valence-electron chi connectivity index (χ3n) is 9.73. The molecule has 454 valence electrons. The summed E-state index contributed by atoms with van der Waals surface area (Å²) in [5.41, 5.74) is -2.41. The van der Waals surface area contributed by atoms with Crippen LogP contribution in [0.2, 0.25) is 5.02 Å². The molecule has 0 aliphatic carbocycles. The number of sulfone groups is 1. The van der Waals surface area contributed by atoms with Gasteiger partial charge in [0, 0.05) is 24.8 Å². The van der Waals surface area contributed by atoms with Crippen molar-refractivity contribution in [1.82, 2.24) is 44.1 Å². The van der Waals surface area contributed by atoms with E-state index in [2.05, 4.69) is 40.5 Å². The number of nitrogens with one attached hydrogen (secondary N) is 5. The molecule has 0 saturated heterocycles. The van der Waals surface area contributed by atoms with Gasteiger partial charge in [0.25, 0.3) is 31.6 Å². The van der Waals surface area contributed by atoms with Gasteiger partial charge in [-0.2, -0.15) is 59.7 Å². The SMILES string of the molecule is CCS(=O)(=O)c1cccnc1S(=O)(=O)NC(=O)Nc1nc(OC)cc(OC)n1.COc1nc(C)nc(NC(=O)NS(=O)(=O)c2ccccc2CCC(F)(F)F)n1.CS(=O)(=O)NC(=O)c1cc(Oc2ccc(C(F)(F)F)cc2Cl)ccc1[N+](=O)[O-]. The average molecular weight is 1290 g/mol. The molecule has 0 radical (unpaired) electrons. The van der Waals surface area contributed by atoms with E-state index < -0.39 is 125 Å². The third kappa shape index (κ3) is 20.3. The second-order valence-electron chi connectivity index (χ2n) is 15.9. The summed E-state index contributed by atoms with van der Waals surface area (Å²) in [4.78, 5) is 67.9. The van der Waals surface area contributed by atoms with Gasteiger partial charge in [0.2, 0.25) is 33.7 Å². The fraction of sp³-hybridized carbons (Fsp3) is 0.250. The molecule has 0 aliphatic heterocycles. The number of rotatable bonds is 18. The summed E-state index contributed by atoms with van der Waals surface area (Å²) >= 11 is 5.76. The minimum atomic E-state index is -4.62. The molecule has 0 aliphatic rings. The molecule has 0 spiro atoms. The molecule has 5 amide bonds. The number of amides is 5. The van der Waals surface area contributed by atoms with Crippen molar-refractivity contribution in [1.29, 1.82) is 0 Å². The van der Waals surface area contributed by atoms with Crippen LogP contribution in [0.4, 0.5) is 53.5 Å². The smallest absolute Gasteiger partial charge is 0.416 e. The molecular formula is C44H43ClF6N12O17S4. The Hall–Kier alpha value is -8.82. The predicted octanol–water partition coefficient (Wildman–Crippen LogP) is 6.14. The van der Waals surface area contributed by atoms with E-state index in [1.165, 1.54) is 65.5 Å². The second kappa shape index (κ2) is 28.0. The number of nitro benzene ring substituents is 1. The first-order chi connectivity index (χ1) is 38.9. The van der Waals surface area contributed by atoms with Crippen LogP contribution in [0, 0.1) is 17.0 Å². The molecule has 6 rings (SSSR count). The fourth-order valence-electron chi connectivity index (χ4n) is 6.12. The molecule has 40 heteroatoms. The van der Waals surface area contributed by atoms with Crippen LogP contribution in [0.1, 0.15) is 40.7 Å². The number of aromatic nitrogens is 6. The minimum Gasteiger partial charge on any atom is -0.481 e. The van der Waals surface area contributed by atoms with Gasteiger partial charge in [0.1, 0.15) is 27.8 Å². The molecule has 6 aromatic rings. The molecular weight excluding hydrogens is 1250 g/mol. The van der Waals surface area contributed by atoms with Crippen molar-refractivity contribution in [3.63, 3.8) is 0 Å². The Morgan fingerprint density at radius 2 is 1.29 bits per heavy atom. The highest BCUT2D eigenvalue weighted by Gasteiger charge is 2.33. The number of hydrogen-bond acceptors (Lipinski definition) is 23. The van der Waals surface area contributed by atoms with Crippen LogP contribution in [0.25, 0.3) is 0 Å². The summed E-state index contributed by atoms with van der Waals surface area (Å²) in [6, 6.07) is 11.4. The number of carbonyl (C=O) groups excluding carboxylic acids is 3. The van der Waals surface area contributed by atoms with Crippen LogP contribution in [0.5, 0.6) is 29.3 Å². The zero-order valence-corrected chi connectivity index (χ0v) is 47.6.